The van der Waals surface area contributed by atoms with E-state index in [1.165, 1.54) is 11.0 Å². The van der Waals surface area contributed by atoms with Crippen LogP contribution in [-0.4, -0.2) is 37.1 Å². The third-order valence-electron chi connectivity index (χ3n) is 4.51. The second-order valence-corrected chi connectivity index (χ2v) is 6.88. The number of carbonyl (C=O) groups excluding carboxylic acids is 1. The molecule has 0 unspecified atom stereocenters. The van der Waals surface area contributed by atoms with Gasteiger partial charge in [-0.05, 0) is 48.9 Å². The van der Waals surface area contributed by atoms with E-state index in [0.29, 0.717) is 23.6 Å². The van der Waals surface area contributed by atoms with Crippen LogP contribution in [0.3, 0.4) is 0 Å². The molecule has 0 bridgehead atoms. The molecule has 0 saturated heterocycles. The van der Waals surface area contributed by atoms with E-state index in [9.17, 15) is 18.4 Å². The maximum atomic E-state index is 13.4. The van der Waals surface area contributed by atoms with Crippen molar-refractivity contribution in [3.8, 4) is 5.75 Å². The molecular weight excluding hydrogens is 422 g/mol. The van der Waals surface area contributed by atoms with Gasteiger partial charge in [-0.3, -0.25) is 14.2 Å². The summed E-state index contributed by atoms with van der Waals surface area (Å²) in [5.41, 5.74) is 0.374. The Labute approximate surface area is 180 Å². The highest BCUT2D eigenvalue weighted by molar-refractivity contribution is 5.90. The van der Waals surface area contributed by atoms with Crippen molar-refractivity contribution in [3.05, 3.63) is 76.3 Å². The Kier molecular flexibility index (Phi) is 5.88. The van der Waals surface area contributed by atoms with Gasteiger partial charge in [0.15, 0.2) is 11.2 Å². The number of rotatable bonds is 7. The highest BCUT2D eigenvalue weighted by Crippen LogP contribution is 2.16. The number of halogens is 2. The van der Waals surface area contributed by atoms with Gasteiger partial charge < -0.3 is 10.1 Å². The van der Waals surface area contributed by atoms with Gasteiger partial charge in [-0.15, -0.1) is 5.10 Å². The number of benzene rings is 2. The highest BCUT2D eigenvalue weighted by Gasteiger charge is 2.15. The first-order valence-corrected chi connectivity index (χ1v) is 9.69. The maximum absolute atomic E-state index is 13.4. The lowest BCUT2D eigenvalue weighted by Gasteiger charge is -2.08. The first kappa shape index (κ1) is 21.1. The van der Waals surface area contributed by atoms with Crippen molar-refractivity contribution in [1.82, 2.24) is 24.5 Å². The molecule has 0 aliphatic rings. The fraction of sp³-hybridized carbons (Fsp3) is 0.190. The molecule has 164 valence electrons. The van der Waals surface area contributed by atoms with Gasteiger partial charge in [0, 0.05) is 11.8 Å². The molecule has 2 aromatic heterocycles. The Bertz CT molecular complexity index is 1310. The zero-order valence-electron chi connectivity index (χ0n) is 17.0. The van der Waals surface area contributed by atoms with Crippen LogP contribution < -0.4 is 15.6 Å². The van der Waals surface area contributed by atoms with Crippen LogP contribution in [-0.2, 0) is 17.9 Å². The van der Waals surface area contributed by atoms with E-state index in [1.807, 2.05) is 6.92 Å². The van der Waals surface area contributed by atoms with Crippen LogP contribution in [0.15, 0.2) is 53.6 Å². The summed E-state index contributed by atoms with van der Waals surface area (Å²) < 4.78 is 34.6. The summed E-state index contributed by atoms with van der Waals surface area (Å²) in [4.78, 5) is 29.2. The summed E-state index contributed by atoms with van der Waals surface area (Å²) in [6.45, 7) is 2.10. The average Bonchev–Trinajstić information content (AvgIpc) is 3.14. The number of nitrogens with zero attached hydrogens (tertiary/aromatic N) is 5. The Morgan fingerprint density at radius 3 is 2.53 bits per heavy atom. The minimum Gasteiger partial charge on any atom is -0.494 e. The molecule has 0 spiro atoms. The molecule has 11 heteroatoms. The number of hydrogen-bond donors (Lipinski definition) is 1. The Morgan fingerprint density at radius 2 is 1.84 bits per heavy atom. The zero-order valence-corrected chi connectivity index (χ0v) is 17.0. The summed E-state index contributed by atoms with van der Waals surface area (Å²) in [7, 11) is 0. The van der Waals surface area contributed by atoms with Gasteiger partial charge in [0.25, 0.3) is 5.56 Å². The van der Waals surface area contributed by atoms with Gasteiger partial charge in [0.1, 0.15) is 30.3 Å². The molecule has 4 aromatic rings. The Balaban J connectivity index is 1.50. The smallest absolute Gasteiger partial charge is 0.283 e. The fourth-order valence-corrected chi connectivity index (χ4v) is 3.14. The lowest BCUT2D eigenvalue weighted by molar-refractivity contribution is -0.116. The van der Waals surface area contributed by atoms with Crippen LogP contribution in [0.2, 0.25) is 0 Å². The third kappa shape index (κ3) is 4.61. The van der Waals surface area contributed by atoms with Crippen molar-refractivity contribution in [3.63, 3.8) is 0 Å². The summed E-state index contributed by atoms with van der Waals surface area (Å²) in [5.74, 6) is -1.20. The number of fused-ring (bicyclic) bond motifs is 1. The number of anilines is 1. The lowest BCUT2D eigenvalue weighted by Crippen LogP contribution is -2.28. The second-order valence-electron chi connectivity index (χ2n) is 6.88. The molecule has 32 heavy (non-hydrogen) atoms. The molecule has 9 nitrogen and oxygen atoms in total. The first-order valence-electron chi connectivity index (χ1n) is 9.69. The number of hydrogen-bond acceptors (Lipinski definition) is 6. The first-order chi connectivity index (χ1) is 15.4. The van der Waals surface area contributed by atoms with E-state index in [1.54, 1.807) is 24.3 Å². The third-order valence-corrected chi connectivity index (χ3v) is 4.51. The van der Waals surface area contributed by atoms with Crippen molar-refractivity contribution in [2.24, 2.45) is 0 Å². The molecule has 0 aliphatic heterocycles. The summed E-state index contributed by atoms with van der Waals surface area (Å²) in [5, 5.41) is 10.4. The predicted octanol–water partition coefficient (Wildman–Crippen LogP) is 2.35. The van der Waals surface area contributed by atoms with Crippen LogP contribution >= 0.6 is 0 Å². The molecule has 2 heterocycles. The van der Waals surface area contributed by atoms with Crippen molar-refractivity contribution < 1.29 is 18.3 Å². The molecule has 1 N–H and O–H groups in total. The number of carbonyl (C=O) groups is 1. The van der Waals surface area contributed by atoms with Crippen LogP contribution in [0.25, 0.3) is 11.2 Å². The van der Waals surface area contributed by atoms with E-state index in [-0.39, 0.29) is 24.3 Å². The number of aromatic nitrogens is 5. The van der Waals surface area contributed by atoms with Gasteiger partial charge in [0.05, 0.1) is 13.2 Å². The summed E-state index contributed by atoms with van der Waals surface area (Å²) in [6, 6.07) is 9.90. The van der Waals surface area contributed by atoms with Crippen molar-refractivity contribution in [1.29, 1.82) is 0 Å². The monoisotopic (exact) mass is 440 g/mol. The SMILES string of the molecule is CCOc1ccc(NC(=O)Cn2cnc3c(nnn3Cc3cc(F)cc(F)c3)c2=O)cc1. The van der Waals surface area contributed by atoms with Crippen molar-refractivity contribution in [2.45, 2.75) is 20.0 Å². The molecule has 2 aromatic carbocycles. The average molecular weight is 440 g/mol. The van der Waals surface area contributed by atoms with Crippen molar-refractivity contribution >= 4 is 22.8 Å². The molecule has 0 fully saturated rings. The minimum atomic E-state index is -0.724. The predicted molar refractivity (Wildman–Crippen MR) is 111 cm³/mol. The van der Waals surface area contributed by atoms with E-state index >= 15 is 0 Å². The van der Waals surface area contributed by atoms with Gasteiger partial charge in [-0.2, -0.15) is 0 Å². The summed E-state index contributed by atoms with van der Waals surface area (Å²) in [6.07, 6.45) is 1.20. The second kappa shape index (κ2) is 8.92. The Morgan fingerprint density at radius 1 is 1.12 bits per heavy atom. The van der Waals surface area contributed by atoms with Gasteiger partial charge in [-0.25, -0.2) is 18.4 Å². The standard InChI is InChI=1S/C21H18F2N6O3/c1-2-32-17-5-3-16(4-6-17)25-18(30)11-28-12-24-20-19(21(28)31)26-27-29(20)10-13-7-14(22)9-15(23)8-13/h3-9,12H,2,10-11H2,1H3,(H,25,30). The normalized spacial score (nSPS) is 11.0. The zero-order chi connectivity index (χ0) is 22.7. The highest BCUT2D eigenvalue weighted by atomic mass is 19.1. The molecular formula is C21H18F2N6O3. The molecule has 0 saturated carbocycles. The largest absolute Gasteiger partial charge is 0.494 e. The lowest BCUT2D eigenvalue weighted by atomic mass is 10.2. The van der Waals surface area contributed by atoms with E-state index < -0.39 is 23.1 Å². The van der Waals surface area contributed by atoms with Crippen LogP contribution in [0.4, 0.5) is 14.5 Å². The minimum absolute atomic E-state index is 0.0279. The quantitative estimate of drug-likeness (QED) is 0.473. The number of amides is 1. The van der Waals surface area contributed by atoms with Gasteiger partial charge in [-0.1, -0.05) is 5.21 Å². The number of ether oxygens (including phenoxy) is 1. The summed E-state index contributed by atoms with van der Waals surface area (Å²) >= 11 is 0. The van der Waals surface area contributed by atoms with Gasteiger partial charge >= 0.3 is 0 Å². The van der Waals surface area contributed by atoms with Crippen molar-refractivity contribution in [2.75, 3.05) is 11.9 Å². The fourth-order valence-electron chi connectivity index (χ4n) is 3.14. The Hall–Kier alpha value is -4.15. The van der Waals surface area contributed by atoms with Gasteiger partial charge in [0.2, 0.25) is 5.91 Å². The molecule has 4 rings (SSSR count). The maximum Gasteiger partial charge on any atom is 0.283 e. The molecule has 0 atom stereocenters. The van der Waals surface area contributed by atoms with E-state index in [0.717, 1.165) is 22.8 Å². The molecule has 1 amide bonds. The van der Waals surface area contributed by atoms with Crippen LogP contribution in [0.5, 0.6) is 5.75 Å². The van der Waals surface area contributed by atoms with E-state index in [4.69, 9.17) is 4.74 Å². The molecule has 0 aliphatic carbocycles. The van der Waals surface area contributed by atoms with Crippen LogP contribution in [0.1, 0.15) is 12.5 Å². The topological polar surface area (TPSA) is 104 Å². The van der Waals surface area contributed by atoms with Crippen LogP contribution in [0, 0.1) is 11.6 Å². The number of nitrogens with one attached hydrogen (secondary N) is 1. The molecule has 0 radical (unpaired) electrons. The van der Waals surface area contributed by atoms with E-state index in [2.05, 4.69) is 20.6 Å².